The molecule has 1 aliphatic rings. The zero-order chi connectivity index (χ0) is 25.9. The summed E-state index contributed by atoms with van der Waals surface area (Å²) in [5, 5.41) is 4.57. The molecule has 11 heteroatoms. The van der Waals surface area contributed by atoms with Crippen LogP contribution in [0.2, 0.25) is 5.02 Å². The van der Waals surface area contributed by atoms with Crippen LogP contribution >= 0.6 is 11.6 Å². The van der Waals surface area contributed by atoms with E-state index >= 15 is 0 Å². The van der Waals surface area contributed by atoms with E-state index in [4.69, 9.17) is 26.3 Å². The summed E-state index contributed by atoms with van der Waals surface area (Å²) in [6, 6.07) is 13.3. The maximum atomic E-state index is 13.0. The Morgan fingerprint density at radius 3 is 2.36 bits per heavy atom. The summed E-state index contributed by atoms with van der Waals surface area (Å²) < 4.78 is 32.4. The van der Waals surface area contributed by atoms with E-state index in [1.165, 1.54) is 23.5 Å². The fourth-order valence-corrected chi connectivity index (χ4v) is 5.71. The minimum Gasteiger partial charge on any atom is -0.467 e. The number of carbonyl (C=O) groups excluding carboxylic acids is 1. The van der Waals surface area contributed by atoms with Gasteiger partial charge in [-0.15, -0.1) is 0 Å². The van der Waals surface area contributed by atoms with E-state index in [0.29, 0.717) is 49.4 Å². The number of aromatic nitrogens is 2. The summed E-state index contributed by atoms with van der Waals surface area (Å²) in [7, 11) is -2.21. The highest BCUT2D eigenvalue weighted by atomic mass is 35.5. The van der Waals surface area contributed by atoms with Crippen molar-refractivity contribution in [3.8, 4) is 0 Å². The van der Waals surface area contributed by atoms with Gasteiger partial charge in [0.2, 0.25) is 10.0 Å². The number of carbonyl (C=O) groups is 1. The lowest BCUT2D eigenvalue weighted by atomic mass is 10.0. The number of rotatable bonds is 8. The van der Waals surface area contributed by atoms with Gasteiger partial charge in [0.15, 0.2) is 0 Å². The first-order valence-corrected chi connectivity index (χ1v) is 13.6. The Balaban J connectivity index is 1.50. The number of para-hydroxylation sites is 1. The van der Waals surface area contributed by atoms with Gasteiger partial charge in [-0.05, 0) is 42.3 Å². The lowest BCUT2D eigenvalue weighted by Gasteiger charge is -2.33. The topological polar surface area (TPSA) is 105 Å². The SMILES string of the molecule is COC(=O)[C@@H](Nc1nc(CN2CCN(S(=O)(=O)c3ccc(Cl)cc3)CC2)nc2ccccc12)C(C)C. The smallest absolute Gasteiger partial charge is 0.328 e. The molecule has 1 atom stereocenters. The first-order valence-electron chi connectivity index (χ1n) is 11.8. The molecule has 1 fully saturated rings. The van der Waals surface area contributed by atoms with Crippen LogP contribution in [0.25, 0.3) is 10.9 Å². The molecule has 1 saturated heterocycles. The molecule has 0 spiro atoms. The van der Waals surface area contributed by atoms with Crippen LogP contribution in [0.15, 0.2) is 53.4 Å². The van der Waals surface area contributed by atoms with Crippen LogP contribution in [-0.2, 0) is 26.1 Å². The lowest BCUT2D eigenvalue weighted by molar-refractivity contribution is -0.142. The third kappa shape index (κ3) is 5.78. The van der Waals surface area contributed by atoms with E-state index in [9.17, 15) is 13.2 Å². The van der Waals surface area contributed by atoms with Gasteiger partial charge in [-0.3, -0.25) is 4.90 Å². The predicted octanol–water partition coefficient (Wildman–Crippen LogP) is 3.40. The summed E-state index contributed by atoms with van der Waals surface area (Å²) in [6.45, 7) is 6.15. The van der Waals surface area contributed by atoms with Crippen molar-refractivity contribution in [2.75, 3.05) is 38.6 Å². The average molecular weight is 532 g/mol. The number of nitrogens with zero attached hydrogens (tertiary/aromatic N) is 4. The zero-order valence-electron chi connectivity index (χ0n) is 20.5. The fraction of sp³-hybridized carbons (Fsp3) is 0.400. The van der Waals surface area contributed by atoms with Crippen molar-refractivity contribution in [1.29, 1.82) is 0 Å². The quantitative estimate of drug-likeness (QED) is 0.441. The number of sulfonamides is 1. The Hall–Kier alpha value is -2.79. The van der Waals surface area contributed by atoms with E-state index < -0.39 is 16.1 Å². The van der Waals surface area contributed by atoms with Crippen LogP contribution in [0.3, 0.4) is 0 Å². The Morgan fingerprint density at radius 2 is 1.72 bits per heavy atom. The Labute approximate surface area is 216 Å². The molecule has 0 saturated carbocycles. The van der Waals surface area contributed by atoms with E-state index in [-0.39, 0.29) is 16.8 Å². The second kappa shape index (κ2) is 11.1. The third-order valence-corrected chi connectivity index (χ3v) is 8.38. The maximum absolute atomic E-state index is 13.0. The van der Waals surface area contributed by atoms with Gasteiger partial charge in [0, 0.05) is 36.6 Å². The summed E-state index contributed by atoms with van der Waals surface area (Å²) in [5.41, 5.74) is 0.765. The largest absolute Gasteiger partial charge is 0.467 e. The highest BCUT2D eigenvalue weighted by Crippen LogP contribution is 2.24. The minimum atomic E-state index is -3.58. The third-order valence-electron chi connectivity index (χ3n) is 6.21. The Kier molecular flexibility index (Phi) is 8.09. The second-order valence-corrected chi connectivity index (χ2v) is 11.4. The fourth-order valence-electron chi connectivity index (χ4n) is 4.16. The molecular weight excluding hydrogens is 502 g/mol. The molecular formula is C25H30ClN5O4S. The molecule has 9 nitrogen and oxygen atoms in total. The molecule has 1 aromatic heterocycles. The van der Waals surface area contributed by atoms with Crippen LogP contribution in [0.5, 0.6) is 0 Å². The lowest BCUT2D eigenvalue weighted by Crippen LogP contribution is -2.48. The summed E-state index contributed by atoms with van der Waals surface area (Å²) >= 11 is 5.90. The Bertz CT molecular complexity index is 1330. The predicted molar refractivity (Wildman–Crippen MR) is 139 cm³/mol. The monoisotopic (exact) mass is 531 g/mol. The number of nitrogens with one attached hydrogen (secondary N) is 1. The van der Waals surface area contributed by atoms with Gasteiger partial charge in [0.1, 0.15) is 17.7 Å². The molecule has 36 heavy (non-hydrogen) atoms. The normalized spacial score (nSPS) is 16.2. The van der Waals surface area contributed by atoms with Crippen molar-refractivity contribution in [3.05, 3.63) is 59.4 Å². The number of benzene rings is 2. The van der Waals surface area contributed by atoms with Crippen LogP contribution in [0.1, 0.15) is 19.7 Å². The highest BCUT2D eigenvalue weighted by Gasteiger charge is 2.29. The van der Waals surface area contributed by atoms with Gasteiger partial charge in [0.05, 0.1) is 24.1 Å². The molecule has 0 amide bonds. The number of methoxy groups -OCH3 is 1. The molecule has 0 aliphatic carbocycles. The minimum absolute atomic E-state index is 0.00899. The van der Waals surface area contributed by atoms with Gasteiger partial charge in [-0.25, -0.2) is 23.2 Å². The molecule has 2 heterocycles. The van der Waals surface area contributed by atoms with Gasteiger partial charge in [0.25, 0.3) is 0 Å². The molecule has 192 valence electrons. The molecule has 0 unspecified atom stereocenters. The highest BCUT2D eigenvalue weighted by molar-refractivity contribution is 7.89. The van der Waals surface area contributed by atoms with Crippen molar-refractivity contribution >= 4 is 44.3 Å². The van der Waals surface area contributed by atoms with Crippen molar-refractivity contribution in [2.45, 2.75) is 31.3 Å². The Morgan fingerprint density at radius 1 is 1.06 bits per heavy atom. The van der Waals surface area contributed by atoms with Crippen molar-refractivity contribution in [1.82, 2.24) is 19.2 Å². The van der Waals surface area contributed by atoms with E-state index in [1.807, 2.05) is 38.1 Å². The van der Waals surface area contributed by atoms with Crippen LogP contribution < -0.4 is 5.32 Å². The number of hydrogen-bond donors (Lipinski definition) is 1. The second-order valence-electron chi connectivity index (χ2n) is 9.03. The van der Waals surface area contributed by atoms with E-state index in [0.717, 1.165) is 10.9 Å². The molecule has 2 aromatic carbocycles. The number of esters is 1. The number of halogens is 1. The van der Waals surface area contributed by atoms with E-state index in [1.54, 1.807) is 12.1 Å². The molecule has 0 radical (unpaired) electrons. The van der Waals surface area contributed by atoms with Gasteiger partial charge >= 0.3 is 5.97 Å². The molecule has 1 N–H and O–H groups in total. The summed E-state index contributed by atoms with van der Waals surface area (Å²) in [6.07, 6.45) is 0. The maximum Gasteiger partial charge on any atom is 0.328 e. The molecule has 4 rings (SSSR count). The number of anilines is 1. The number of fused-ring (bicyclic) bond motifs is 1. The van der Waals surface area contributed by atoms with Crippen molar-refractivity contribution in [3.63, 3.8) is 0 Å². The molecule has 0 bridgehead atoms. The van der Waals surface area contributed by atoms with Gasteiger partial charge < -0.3 is 10.1 Å². The van der Waals surface area contributed by atoms with Crippen molar-refractivity contribution < 1.29 is 17.9 Å². The first-order chi connectivity index (χ1) is 17.2. The van der Waals surface area contributed by atoms with Crippen LogP contribution in [0.4, 0.5) is 5.82 Å². The van der Waals surface area contributed by atoms with Crippen LogP contribution in [-0.4, -0.2) is 72.9 Å². The summed E-state index contributed by atoms with van der Waals surface area (Å²) in [4.78, 5) is 24.2. The number of ether oxygens (including phenoxy) is 1. The zero-order valence-corrected chi connectivity index (χ0v) is 22.1. The van der Waals surface area contributed by atoms with E-state index in [2.05, 4.69) is 10.2 Å². The first kappa shape index (κ1) is 26.3. The van der Waals surface area contributed by atoms with Crippen molar-refractivity contribution in [2.24, 2.45) is 5.92 Å². The van der Waals surface area contributed by atoms with Gasteiger partial charge in [-0.1, -0.05) is 37.6 Å². The average Bonchev–Trinajstić information content (AvgIpc) is 2.87. The molecule has 1 aliphatic heterocycles. The number of hydrogen-bond acceptors (Lipinski definition) is 8. The summed E-state index contributed by atoms with van der Waals surface area (Å²) in [5.74, 6) is 0.804. The van der Waals surface area contributed by atoms with Gasteiger partial charge in [-0.2, -0.15) is 4.31 Å². The standard InChI is InChI=1S/C25H30ClN5O4S/c1-17(2)23(25(32)35-3)29-24-20-6-4-5-7-21(20)27-22(28-24)16-30-12-14-31(15-13-30)36(33,34)19-10-8-18(26)9-11-19/h4-11,17,23H,12-16H2,1-3H3,(H,27,28,29)/t23-/m0/s1. The number of piperazine rings is 1. The molecule has 3 aromatic rings. The van der Waals surface area contributed by atoms with Crippen LogP contribution in [0, 0.1) is 5.92 Å².